The van der Waals surface area contributed by atoms with Crippen LogP contribution in [0, 0.1) is 0 Å². The summed E-state index contributed by atoms with van der Waals surface area (Å²) in [5.41, 5.74) is 15.1. The molecule has 0 bridgehead atoms. The van der Waals surface area contributed by atoms with Crippen LogP contribution in [0.4, 0.5) is 0 Å². The molecule has 0 aliphatic carbocycles. The summed E-state index contributed by atoms with van der Waals surface area (Å²) in [6, 6.07) is 69.8. The summed E-state index contributed by atoms with van der Waals surface area (Å²) in [6.45, 7) is 0. The molecule has 0 saturated heterocycles. The molecule has 4 heteroatoms. The van der Waals surface area contributed by atoms with Crippen molar-refractivity contribution in [1.82, 2.24) is 9.13 Å². The van der Waals surface area contributed by atoms with Crippen LogP contribution in [0.1, 0.15) is 22.3 Å². The van der Waals surface area contributed by atoms with Gasteiger partial charge in [0.15, 0.2) is 0 Å². The number of rotatable bonds is 6. The molecule has 4 heterocycles. The Morgan fingerprint density at radius 3 is 1.07 bits per heavy atom. The van der Waals surface area contributed by atoms with Crippen LogP contribution in [-0.2, 0) is 12.8 Å². The molecule has 0 N–H and O–H groups in total. The molecule has 0 unspecified atom stereocenters. The number of hydrogen-bond donors (Lipinski definition) is 0. The molecule has 0 aliphatic rings. The Bertz CT molecular complexity index is 3510. The minimum absolute atomic E-state index is 0.665. The fraction of sp³-hybridized carbons (Fsp3) is 0.0357. The van der Waals surface area contributed by atoms with E-state index in [0.717, 1.165) is 60.8 Å². The van der Waals surface area contributed by atoms with E-state index in [0.29, 0.717) is 12.8 Å². The van der Waals surface area contributed by atoms with E-state index in [-0.39, 0.29) is 0 Å². The van der Waals surface area contributed by atoms with Crippen LogP contribution in [0.25, 0.3) is 98.9 Å². The molecule has 0 radical (unpaired) electrons. The molecule has 0 fully saturated rings. The van der Waals surface area contributed by atoms with Crippen LogP contribution < -0.4 is 0 Å². The second-order valence-corrected chi connectivity index (χ2v) is 16.0. The van der Waals surface area contributed by atoms with Crippen molar-refractivity contribution in [2.75, 3.05) is 0 Å². The van der Waals surface area contributed by atoms with Gasteiger partial charge >= 0.3 is 0 Å². The van der Waals surface area contributed by atoms with Gasteiger partial charge in [0.05, 0.1) is 22.1 Å². The molecule has 9 aromatic carbocycles. The van der Waals surface area contributed by atoms with E-state index in [1.165, 1.54) is 60.3 Å². The van der Waals surface area contributed by atoms with Crippen molar-refractivity contribution < 1.29 is 8.83 Å². The molecule has 0 spiro atoms. The van der Waals surface area contributed by atoms with E-state index in [9.17, 15) is 0 Å². The number of hydrogen-bond acceptors (Lipinski definition) is 2. The normalized spacial score (nSPS) is 12.1. The largest absolute Gasteiger partial charge is 0.456 e. The predicted octanol–water partition coefficient (Wildman–Crippen LogP) is 14.9. The Morgan fingerprint density at radius 1 is 0.317 bits per heavy atom. The fourth-order valence-electron chi connectivity index (χ4n) is 10.0. The van der Waals surface area contributed by atoms with E-state index in [2.05, 4.69) is 203 Å². The van der Waals surface area contributed by atoms with E-state index in [4.69, 9.17) is 8.83 Å². The third-order valence-corrected chi connectivity index (χ3v) is 12.6. The zero-order chi connectivity index (χ0) is 39.3. The monoisotopic (exact) mass is 768 g/mol. The Morgan fingerprint density at radius 2 is 0.667 bits per heavy atom. The molecule has 13 rings (SSSR count). The lowest BCUT2D eigenvalue weighted by Gasteiger charge is -2.12. The molecule has 0 atom stereocenters. The number of fused-ring (bicyclic) bond motifs is 12. The van der Waals surface area contributed by atoms with Crippen LogP contribution in [0.5, 0.6) is 0 Å². The van der Waals surface area contributed by atoms with Gasteiger partial charge in [-0.15, -0.1) is 0 Å². The molecular weight excluding hydrogens is 733 g/mol. The summed E-state index contributed by atoms with van der Waals surface area (Å²) in [7, 11) is 0. The number of aromatic nitrogens is 2. The van der Waals surface area contributed by atoms with Crippen LogP contribution in [0.15, 0.2) is 203 Å². The van der Waals surface area contributed by atoms with Crippen molar-refractivity contribution in [3.63, 3.8) is 0 Å². The summed E-state index contributed by atoms with van der Waals surface area (Å²) in [6.07, 6.45) is 1.38. The lowest BCUT2D eigenvalue weighted by Crippen LogP contribution is -1.97. The second kappa shape index (κ2) is 12.8. The van der Waals surface area contributed by atoms with Gasteiger partial charge in [0.25, 0.3) is 0 Å². The van der Waals surface area contributed by atoms with Gasteiger partial charge in [0.1, 0.15) is 22.3 Å². The molecule has 0 saturated carbocycles. The highest BCUT2D eigenvalue weighted by atomic mass is 16.3. The highest BCUT2D eigenvalue weighted by molar-refractivity contribution is 6.21. The summed E-state index contributed by atoms with van der Waals surface area (Å²) in [5, 5.41) is 9.44. The Hall–Kier alpha value is -7.82. The zero-order valence-electron chi connectivity index (χ0n) is 32.6. The van der Waals surface area contributed by atoms with Gasteiger partial charge in [-0.1, -0.05) is 133 Å². The van der Waals surface area contributed by atoms with Gasteiger partial charge in [0.2, 0.25) is 0 Å². The lowest BCUT2D eigenvalue weighted by atomic mass is 9.90. The Kier molecular flexibility index (Phi) is 7.10. The van der Waals surface area contributed by atoms with E-state index >= 15 is 0 Å². The molecule has 13 aromatic rings. The van der Waals surface area contributed by atoms with Crippen molar-refractivity contribution in [2.24, 2.45) is 0 Å². The number of benzene rings is 9. The summed E-state index contributed by atoms with van der Waals surface area (Å²) < 4.78 is 19.0. The van der Waals surface area contributed by atoms with Crippen molar-refractivity contribution in [1.29, 1.82) is 0 Å². The number of para-hydroxylation sites is 4. The summed E-state index contributed by atoms with van der Waals surface area (Å²) >= 11 is 0. The molecule has 4 aromatic heterocycles. The first kappa shape index (κ1) is 33.2. The van der Waals surface area contributed by atoms with Crippen molar-refractivity contribution >= 4 is 87.5 Å². The van der Waals surface area contributed by atoms with Crippen LogP contribution in [-0.4, -0.2) is 9.13 Å². The standard InChI is InChI=1S/C56H36N2O2/c1-3-15-35(16-4-1)31-45-53-43-33-37(57-47-23-11-7-19-39(47)40-20-8-12-24-48(40)57)27-29-51(43)59-55(53)46(32-36-17-5-2-6-18-36)56-54(45)44-34-38(28-30-52(44)60-56)58-49-25-13-9-21-41(49)42-22-10-14-26-50(42)58/h1-30,33-34H,31-32H2. The van der Waals surface area contributed by atoms with Gasteiger partial charge in [-0.3, -0.25) is 0 Å². The maximum absolute atomic E-state index is 7.09. The Balaban J connectivity index is 1.16. The fourth-order valence-corrected chi connectivity index (χ4v) is 10.0. The topological polar surface area (TPSA) is 36.1 Å². The molecule has 282 valence electrons. The SMILES string of the molecule is c1ccc(Cc2c3oc4ccc(-n5c6ccccc6c6ccccc65)cc4c3c(Cc3ccccc3)c3c2oc2ccc(-n4c5ccccc5c5ccccc54)cc23)cc1. The first-order valence-corrected chi connectivity index (χ1v) is 20.7. The maximum atomic E-state index is 7.09. The van der Waals surface area contributed by atoms with E-state index in [1.807, 2.05) is 0 Å². The van der Waals surface area contributed by atoms with Crippen LogP contribution in [0.3, 0.4) is 0 Å². The Labute approximate surface area is 344 Å². The summed E-state index contributed by atoms with van der Waals surface area (Å²) in [4.78, 5) is 0. The van der Waals surface area contributed by atoms with Crippen molar-refractivity contribution in [3.05, 3.63) is 216 Å². The van der Waals surface area contributed by atoms with Crippen LogP contribution in [0.2, 0.25) is 0 Å². The van der Waals surface area contributed by atoms with E-state index < -0.39 is 0 Å². The summed E-state index contributed by atoms with van der Waals surface area (Å²) in [5.74, 6) is 0. The zero-order valence-corrected chi connectivity index (χ0v) is 32.6. The molecular formula is C56H36N2O2. The third-order valence-electron chi connectivity index (χ3n) is 12.6. The van der Waals surface area contributed by atoms with Gasteiger partial charge in [-0.05, 0) is 83.8 Å². The van der Waals surface area contributed by atoms with Crippen molar-refractivity contribution in [3.8, 4) is 11.4 Å². The minimum Gasteiger partial charge on any atom is -0.456 e. The quantitative estimate of drug-likeness (QED) is 0.169. The van der Waals surface area contributed by atoms with Gasteiger partial charge in [0, 0.05) is 66.4 Å². The highest BCUT2D eigenvalue weighted by Gasteiger charge is 2.26. The minimum atomic E-state index is 0.665. The number of nitrogens with zero attached hydrogens (tertiary/aromatic N) is 2. The average molecular weight is 769 g/mol. The predicted molar refractivity (Wildman–Crippen MR) is 248 cm³/mol. The van der Waals surface area contributed by atoms with Gasteiger partial charge in [-0.25, -0.2) is 0 Å². The average Bonchev–Trinajstić information content (AvgIpc) is 4.06. The smallest absolute Gasteiger partial charge is 0.143 e. The molecule has 0 amide bonds. The lowest BCUT2D eigenvalue weighted by molar-refractivity contribution is 0.647. The maximum Gasteiger partial charge on any atom is 0.143 e. The van der Waals surface area contributed by atoms with Crippen molar-refractivity contribution in [2.45, 2.75) is 12.8 Å². The van der Waals surface area contributed by atoms with Gasteiger partial charge < -0.3 is 18.0 Å². The third kappa shape index (κ3) is 4.85. The molecule has 60 heavy (non-hydrogen) atoms. The number of furan rings is 2. The highest BCUT2D eigenvalue weighted by Crippen LogP contribution is 2.46. The van der Waals surface area contributed by atoms with E-state index in [1.54, 1.807) is 0 Å². The van der Waals surface area contributed by atoms with Crippen LogP contribution >= 0.6 is 0 Å². The molecule has 0 aliphatic heterocycles. The molecule has 4 nitrogen and oxygen atoms in total. The first-order chi connectivity index (χ1) is 29.8. The van der Waals surface area contributed by atoms with Gasteiger partial charge in [-0.2, -0.15) is 0 Å². The second-order valence-electron chi connectivity index (χ2n) is 16.0. The first-order valence-electron chi connectivity index (χ1n) is 20.7.